The number of sulfonamides is 1. The van der Waals surface area contributed by atoms with E-state index >= 15 is 0 Å². The smallest absolute Gasteiger partial charge is 0.240 e. The molecule has 8 heteroatoms. The van der Waals surface area contributed by atoms with Crippen LogP contribution in [-0.2, 0) is 21.4 Å². The van der Waals surface area contributed by atoms with Crippen LogP contribution in [0, 0.1) is 0 Å². The second-order valence-electron chi connectivity index (χ2n) is 5.46. The van der Waals surface area contributed by atoms with Gasteiger partial charge >= 0.3 is 0 Å². The largest absolute Gasteiger partial charge is 0.341 e. The molecule has 0 radical (unpaired) electrons. The number of rotatable bonds is 7. The Morgan fingerprint density at radius 2 is 1.76 bits per heavy atom. The molecule has 2 rings (SSSR count). The number of amides is 1. The molecule has 0 aliphatic carbocycles. The van der Waals surface area contributed by atoms with Crippen LogP contribution in [0.1, 0.15) is 12.0 Å². The minimum absolute atomic E-state index is 0.000538. The van der Waals surface area contributed by atoms with Crippen LogP contribution < -0.4 is 4.72 Å². The second kappa shape index (κ2) is 8.67. The summed E-state index contributed by atoms with van der Waals surface area (Å²) in [5.74, 6) is -0.152. The maximum atomic E-state index is 12.2. The van der Waals surface area contributed by atoms with Gasteiger partial charge in [-0.3, -0.25) is 4.79 Å². The number of nitrogens with one attached hydrogen (secondary N) is 1. The summed E-state index contributed by atoms with van der Waals surface area (Å²) in [6.07, 6.45) is 0.0594. The van der Waals surface area contributed by atoms with E-state index in [1.807, 2.05) is 30.3 Å². The molecule has 0 unspecified atom stereocenters. The first-order chi connectivity index (χ1) is 11.8. The third-order valence-corrected chi connectivity index (χ3v) is 5.72. The van der Waals surface area contributed by atoms with Crippen molar-refractivity contribution < 1.29 is 13.2 Å². The lowest BCUT2D eigenvalue weighted by Crippen LogP contribution is -2.31. The van der Waals surface area contributed by atoms with E-state index in [9.17, 15) is 13.2 Å². The van der Waals surface area contributed by atoms with Gasteiger partial charge in [0.05, 0.1) is 14.9 Å². The van der Waals surface area contributed by atoms with Gasteiger partial charge in [-0.15, -0.1) is 0 Å². The average Bonchev–Trinajstić information content (AvgIpc) is 2.57. The number of halogens is 2. The molecule has 1 amide bonds. The molecule has 0 heterocycles. The Bertz CT molecular complexity index is 842. The molecule has 0 saturated carbocycles. The highest BCUT2D eigenvalue weighted by molar-refractivity contribution is 7.89. The fourth-order valence-corrected chi connectivity index (χ4v) is 3.58. The molecule has 0 fully saturated rings. The molecule has 1 N–H and O–H groups in total. The third kappa shape index (κ3) is 5.71. The number of carbonyl (C=O) groups excluding carboxylic acids is 1. The van der Waals surface area contributed by atoms with E-state index in [1.165, 1.54) is 18.2 Å². The van der Waals surface area contributed by atoms with Crippen molar-refractivity contribution in [2.45, 2.75) is 17.9 Å². The molecule has 0 saturated heterocycles. The molecule has 0 atom stereocenters. The summed E-state index contributed by atoms with van der Waals surface area (Å²) in [6.45, 7) is 0.472. The van der Waals surface area contributed by atoms with Gasteiger partial charge in [-0.1, -0.05) is 53.5 Å². The van der Waals surface area contributed by atoms with Crippen molar-refractivity contribution in [1.82, 2.24) is 9.62 Å². The number of benzene rings is 2. The Morgan fingerprint density at radius 1 is 1.08 bits per heavy atom. The van der Waals surface area contributed by atoms with E-state index in [0.717, 1.165) is 5.56 Å². The van der Waals surface area contributed by atoms with Crippen LogP contribution in [0.5, 0.6) is 0 Å². The van der Waals surface area contributed by atoms with Crippen LogP contribution in [0.25, 0.3) is 0 Å². The fourth-order valence-electron chi connectivity index (χ4n) is 2.16. The molecular weight excluding hydrogens is 383 g/mol. The number of hydrogen-bond acceptors (Lipinski definition) is 3. The van der Waals surface area contributed by atoms with Crippen LogP contribution in [-0.4, -0.2) is 32.8 Å². The van der Waals surface area contributed by atoms with Gasteiger partial charge in [0, 0.05) is 26.6 Å². The predicted molar refractivity (Wildman–Crippen MR) is 99.2 cm³/mol. The summed E-state index contributed by atoms with van der Waals surface area (Å²) in [5.41, 5.74) is 1.01. The summed E-state index contributed by atoms with van der Waals surface area (Å²) in [5, 5.41) is 0.432. The fraction of sp³-hybridized carbons (Fsp3) is 0.235. The van der Waals surface area contributed by atoms with Gasteiger partial charge in [-0.05, 0) is 23.8 Å². The first-order valence-electron chi connectivity index (χ1n) is 7.52. The highest BCUT2D eigenvalue weighted by Gasteiger charge is 2.16. The maximum absolute atomic E-state index is 12.2. The molecule has 25 heavy (non-hydrogen) atoms. The lowest BCUT2D eigenvalue weighted by molar-refractivity contribution is -0.130. The molecule has 0 aromatic heterocycles. The molecule has 2 aromatic carbocycles. The van der Waals surface area contributed by atoms with Crippen molar-refractivity contribution in [1.29, 1.82) is 0 Å². The number of nitrogens with zero attached hydrogens (tertiary/aromatic N) is 1. The van der Waals surface area contributed by atoms with Gasteiger partial charge in [0.1, 0.15) is 0 Å². The molecule has 0 spiro atoms. The van der Waals surface area contributed by atoms with Gasteiger partial charge < -0.3 is 4.90 Å². The van der Waals surface area contributed by atoms with Crippen molar-refractivity contribution in [3.63, 3.8) is 0 Å². The summed E-state index contributed by atoms with van der Waals surface area (Å²) >= 11 is 11.6. The topological polar surface area (TPSA) is 66.5 Å². The first-order valence-corrected chi connectivity index (χ1v) is 9.76. The molecule has 0 aliphatic rings. The van der Waals surface area contributed by atoms with Crippen LogP contribution in [0.15, 0.2) is 53.4 Å². The summed E-state index contributed by atoms with van der Waals surface area (Å²) in [6, 6.07) is 13.6. The number of carbonyl (C=O) groups is 1. The molecule has 134 valence electrons. The molecule has 5 nitrogen and oxygen atoms in total. The van der Waals surface area contributed by atoms with Gasteiger partial charge in [-0.2, -0.15) is 0 Å². The van der Waals surface area contributed by atoms with Crippen molar-refractivity contribution in [3.8, 4) is 0 Å². The summed E-state index contributed by atoms with van der Waals surface area (Å²) in [7, 11) is -2.06. The first kappa shape index (κ1) is 19.7. The van der Waals surface area contributed by atoms with Crippen molar-refractivity contribution in [2.75, 3.05) is 13.6 Å². The minimum atomic E-state index is -3.74. The summed E-state index contributed by atoms with van der Waals surface area (Å²) < 4.78 is 26.8. The van der Waals surface area contributed by atoms with Gasteiger partial charge in [0.2, 0.25) is 15.9 Å². The van der Waals surface area contributed by atoms with Crippen molar-refractivity contribution in [3.05, 3.63) is 64.1 Å². The van der Waals surface area contributed by atoms with Crippen LogP contribution in [0.4, 0.5) is 0 Å². The zero-order valence-electron chi connectivity index (χ0n) is 13.6. The Balaban J connectivity index is 1.88. The van der Waals surface area contributed by atoms with E-state index in [2.05, 4.69) is 4.72 Å². The lowest BCUT2D eigenvalue weighted by atomic mass is 10.2. The maximum Gasteiger partial charge on any atom is 0.240 e. The van der Waals surface area contributed by atoms with Gasteiger partial charge in [0.25, 0.3) is 0 Å². The van der Waals surface area contributed by atoms with E-state index in [4.69, 9.17) is 23.2 Å². The highest BCUT2D eigenvalue weighted by atomic mass is 35.5. The summed E-state index contributed by atoms with van der Waals surface area (Å²) in [4.78, 5) is 13.7. The van der Waals surface area contributed by atoms with Crippen LogP contribution in [0.2, 0.25) is 10.0 Å². The van der Waals surface area contributed by atoms with Gasteiger partial charge in [-0.25, -0.2) is 13.1 Å². The zero-order chi connectivity index (χ0) is 18.4. The SMILES string of the molecule is CN(Cc1ccccc1)C(=O)CCNS(=O)(=O)c1ccc(Cl)c(Cl)c1. The van der Waals surface area contributed by atoms with Crippen molar-refractivity contribution >= 4 is 39.1 Å². The van der Waals surface area contributed by atoms with E-state index in [0.29, 0.717) is 6.54 Å². The monoisotopic (exact) mass is 400 g/mol. The zero-order valence-corrected chi connectivity index (χ0v) is 15.9. The lowest BCUT2D eigenvalue weighted by Gasteiger charge is -2.17. The standard InChI is InChI=1S/C17H18Cl2N2O3S/c1-21(12-13-5-3-2-4-6-13)17(22)9-10-20-25(23,24)14-7-8-15(18)16(19)11-14/h2-8,11,20H,9-10,12H2,1H3. The Kier molecular flexibility index (Phi) is 6.84. The number of hydrogen-bond donors (Lipinski definition) is 1. The highest BCUT2D eigenvalue weighted by Crippen LogP contribution is 2.24. The Morgan fingerprint density at radius 3 is 2.40 bits per heavy atom. The van der Waals surface area contributed by atoms with Crippen LogP contribution >= 0.6 is 23.2 Å². The molecule has 0 aliphatic heterocycles. The molecule has 0 bridgehead atoms. The Hall–Kier alpha value is -1.60. The molecule has 2 aromatic rings. The second-order valence-corrected chi connectivity index (χ2v) is 8.04. The Labute approximate surface area is 157 Å². The minimum Gasteiger partial charge on any atom is -0.341 e. The normalized spacial score (nSPS) is 11.3. The van der Waals surface area contributed by atoms with Crippen LogP contribution in [0.3, 0.4) is 0 Å². The van der Waals surface area contributed by atoms with E-state index < -0.39 is 10.0 Å². The predicted octanol–water partition coefficient (Wildman–Crippen LogP) is 3.32. The van der Waals surface area contributed by atoms with E-state index in [1.54, 1.807) is 11.9 Å². The molecular formula is C17H18Cl2N2O3S. The van der Waals surface area contributed by atoms with Crippen molar-refractivity contribution in [2.24, 2.45) is 0 Å². The average molecular weight is 401 g/mol. The van der Waals surface area contributed by atoms with E-state index in [-0.39, 0.29) is 33.8 Å². The quantitative estimate of drug-likeness (QED) is 0.774. The third-order valence-electron chi connectivity index (χ3n) is 3.52. The van der Waals surface area contributed by atoms with Gasteiger partial charge in [0.15, 0.2) is 0 Å².